The lowest BCUT2D eigenvalue weighted by atomic mass is 9.95. The molecule has 0 unspecified atom stereocenters. The van der Waals surface area contributed by atoms with Crippen LogP contribution in [0.3, 0.4) is 0 Å². The molecule has 0 spiro atoms. The van der Waals surface area contributed by atoms with Crippen LogP contribution in [0.15, 0.2) is 30.6 Å². The normalized spacial score (nSPS) is 12.4. The Hall–Kier alpha value is -1.68. The van der Waals surface area contributed by atoms with E-state index in [0.717, 1.165) is 29.9 Å². The molecule has 1 atom stereocenters. The van der Waals surface area contributed by atoms with E-state index < -0.39 is 0 Å². The SMILES string of the molecule is C=C(N)[C@@H](CNCc1cc(C=N)ccn1)CC(C)C. The molecule has 1 rings (SSSR count). The minimum absolute atomic E-state index is 0.297. The van der Waals surface area contributed by atoms with Crippen LogP contribution in [0.25, 0.3) is 0 Å². The number of rotatable bonds is 8. The number of pyridine rings is 1. The Morgan fingerprint density at radius 2 is 2.32 bits per heavy atom. The lowest BCUT2D eigenvalue weighted by molar-refractivity contribution is 0.428. The van der Waals surface area contributed by atoms with Crippen LogP contribution in [-0.2, 0) is 6.54 Å². The van der Waals surface area contributed by atoms with Gasteiger partial charge in [-0.2, -0.15) is 0 Å². The highest BCUT2D eigenvalue weighted by molar-refractivity contribution is 5.76. The molecule has 1 aromatic rings. The van der Waals surface area contributed by atoms with E-state index in [1.807, 2.05) is 12.1 Å². The minimum Gasteiger partial charge on any atom is -0.402 e. The monoisotopic (exact) mass is 260 g/mol. The number of nitrogens with two attached hydrogens (primary N) is 1. The van der Waals surface area contributed by atoms with E-state index in [0.29, 0.717) is 18.4 Å². The second-order valence-corrected chi connectivity index (χ2v) is 5.26. The maximum atomic E-state index is 7.22. The average molecular weight is 260 g/mol. The van der Waals surface area contributed by atoms with Gasteiger partial charge in [0.05, 0.1) is 5.69 Å². The van der Waals surface area contributed by atoms with Crippen LogP contribution in [0.1, 0.15) is 31.5 Å². The quantitative estimate of drug-likeness (QED) is 0.628. The summed E-state index contributed by atoms with van der Waals surface area (Å²) in [4.78, 5) is 4.27. The molecule has 0 fully saturated rings. The van der Waals surface area contributed by atoms with Crippen molar-refractivity contribution >= 4 is 6.21 Å². The van der Waals surface area contributed by atoms with Crippen LogP contribution >= 0.6 is 0 Å². The molecule has 0 amide bonds. The van der Waals surface area contributed by atoms with Crippen molar-refractivity contribution in [3.63, 3.8) is 0 Å². The number of hydrogen-bond donors (Lipinski definition) is 3. The van der Waals surface area contributed by atoms with Crippen molar-refractivity contribution in [2.24, 2.45) is 17.6 Å². The van der Waals surface area contributed by atoms with Crippen molar-refractivity contribution in [3.8, 4) is 0 Å². The molecule has 0 bridgehead atoms. The standard InChI is InChI=1S/C15H24N4/c1-11(2)6-14(12(3)17)9-18-10-15-7-13(8-16)4-5-19-15/h4-5,7-8,11,14,16,18H,3,6,9-10,17H2,1-2H3/t14-/m1/s1. The molecule has 19 heavy (non-hydrogen) atoms. The summed E-state index contributed by atoms with van der Waals surface area (Å²) in [6.07, 6.45) is 4.09. The molecule has 0 saturated carbocycles. The maximum absolute atomic E-state index is 7.22. The number of hydrogen-bond acceptors (Lipinski definition) is 4. The topological polar surface area (TPSA) is 74.8 Å². The van der Waals surface area contributed by atoms with Crippen molar-refractivity contribution in [2.75, 3.05) is 6.54 Å². The predicted octanol–water partition coefficient (Wildman–Crippen LogP) is 2.30. The van der Waals surface area contributed by atoms with Gasteiger partial charge in [-0.1, -0.05) is 20.4 Å². The fourth-order valence-corrected chi connectivity index (χ4v) is 1.99. The van der Waals surface area contributed by atoms with Gasteiger partial charge in [0.1, 0.15) is 0 Å². The van der Waals surface area contributed by atoms with Crippen molar-refractivity contribution < 1.29 is 0 Å². The molecular weight excluding hydrogens is 236 g/mol. The third-order valence-electron chi connectivity index (χ3n) is 2.98. The summed E-state index contributed by atoms with van der Waals surface area (Å²) >= 11 is 0. The van der Waals surface area contributed by atoms with E-state index in [4.69, 9.17) is 11.1 Å². The van der Waals surface area contributed by atoms with Gasteiger partial charge in [0.25, 0.3) is 0 Å². The first-order valence-corrected chi connectivity index (χ1v) is 6.63. The molecule has 0 aromatic carbocycles. The van der Waals surface area contributed by atoms with Gasteiger partial charge in [-0.15, -0.1) is 0 Å². The van der Waals surface area contributed by atoms with E-state index in [9.17, 15) is 0 Å². The summed E-state index contributed by atoms with van der Waals surface area (Å²) in [6, 6.07) is 3.73. The molecule has 1 aromatic heterocycles. The Balaban J connectivity index is 2.47. The van der Waals surface area contributed by atoms with Gasteiger partial charge in [-0.05, 0) is 30.0 Å². The van der Waals surface area contributed by atoms with Crippen molar-refractivity contribution in [1.29, 1.82) is 5.41 Å². The van der Waals surface area contributed by atoms with Crippen molar-refractivity contribution in [2.45, 2.75) is 26.8 Å². The van der Waals surface area contributed by atoms with Crippen molar-refractivity contribution in [1.82, 2.24) is 10.3 Å². The zero-order chi connectivity index (χ0) is 14.3. The Kier molecular flexibility index (Phi) is 6.22. The number of nitrogens with zero attached hydrogens (tertiary/aromatic N) is 1. The molecular formula is C15H24N4. The van der Waals surface area contributed by atoms with Gasteiger partial charge in [-0.25, -0.2) is 0 Å². The van der Waals surface area contributed by atoms with Gasteiger partial charge >= 0.3 is 0 Å². The smallest absolute Gasteiger partial charge is 0.0548 e. The lowest BCUT2D eigenvalue weighted by Gasteiger charge is -2.19. The van der Waals surface area contributed by atoms with Gasteiger partial charge in [0.15, 0.2) is 0 Å². The van der Waals surface area contributed by atoms with Gasteiger partial charge in [0.2, 0.25) is 0 Å². The van der Waals surface area contributed by atoms with Crippen LogP contribution in [-0.4, -0.2) is 17.7 Å². The zero-order valence-corrected chi connectivity index (χ0v) is 11.8. The number of nitrogens with one attached hydrogen (secondary N) is 2. The minimum atomic E-state index is 0.297. The molecule has 4 nitrogen and oxygen atoms in total. The summed E-state index contributed by atoms with van der Waals surface area (Å²) in [5.74, 6) is 0.900. The first-order valence-electron chi connectivity index (χ1n) is 6.63. The van der Waals surface area contributed by atoms with Gasteiger partial charge in [0, 0.05) is 37.1 Å². The number of aromatic nitrogens is 1. The molecule has 4 N–H and O–H groups in total. The Bertz CT molecular complexity index is 426. The van der Waals surface area contributed by atoms with Gasteiger partial charge in [-0.3, -0.25) is 4.98 Å². The van der Waals surface area contributed by atoms with Crippen LogP contribution in [0.5, 0.6) is 0 Å². The Morgan fingerprint density at radius 1 is 1.58 bits per heavy atom. The third-order valence-corrected chi connectivity index (χ3v) is 2.98. The highest BCUT2D eigenvalue weighted by Gasteiger charge is 2.12. The van der Waals surface area contributed by atoms with Crippen LogP contribution < -0.4 is 11.1 Å². The maximum Gasteiger partial charge on any atom is 0.0548 e. The van der Waals surface area contributed by atoms with Crippen LogP contribution in [0, 0.1) is 17.2 Å². The lowest BCUT2D eigenvalue weighted by Crippen LogP contribution is -2.27. The summed E-state index contributed by atoms with van der Waals surface area (Å²) in [6.45, 7) is 9.72. The molecule has 0 saturated heterocycles. The molecule has 1 heterocycles. The van der Waals surface area contributed by atoms with E-state index in [1.165, 1.54) is 6.21 Å². The predicted molar refractivity (Wildman–Crippen MR) is 80.1 cm³/mol. The summed E-state index contributed by atoms with van der Waals surface area (Å²) in [5, 5.41) is 10.6. The fourth-order valence-electron chi connectivity index (χ4n) is 1.99. The fraction of sp³-hybridized carbons (Fsp3) is 0.467. The van der Waals surface area contributed by atoms with Crippen molar-refractivity contribution in [3.05, 3.63) is 41.9 Å². The molecule has 4 heteroatoms. The molecule has 0 aliphatic carbocycles. The van der Waals surface area contributed by atoms with E-state index in [2.05, 4.69) is 30.7 Å². The first kappa shape index (κ1) is 15.4. The second-order valence-electron chi connectivity index (χ2n) is 5.26. The van der Waals surface area contributed by atoms with Crippen LogP contribution in [0.4, 0.5) is 0 Å². The summed E-state index contributed by atoms with van der Waals surface area (Å²) in [7, 11) is 0. The van der Waals surface area contributed by atoms with Crippen LogP contribution in [0.2, 0.25) is 0 Å². The highest BCUT2D eigenvalue weighted by Crippen LogP contribution is 2.15. The van der Waals surface area contributed by atoms with E-state index in [-0.39, 0.29) is 0 Å². The third kappa shape index (κ3) is 5.66. The first-order chi connectivity index (χ1) is 9.02. The molecule has 104 valence electrons. The second kappa shape index (κ2) is 7.69. The van der Waals surface area contributed by atoms with E-state index >= 15 is 0 Å². The van der Waals surface area contributed by atoms with Gasteiger partial charge < -0.3 is 16.5 Å². The zero-order valence-electron chi connectivity index (χ0n) is 11.8. The summed E-state index contributed by atoms with van der Waals surface area (Å²) in [5.41, 5.74) is 8.37. The van der Waals surface area contributed by atoms with E-state index in [1.54, 1.807) is 6.20 Å². The largest absolute Gasteiger partial charge is 0.402 e. The molecule has 0 aliphatic rings. The molecule has 0 aliphatic heterocycles. The molecule has 0 radical (unpaired) electrons. The Morgan fingerprint density at radius 3 is 2.89 bits per heavy atom. The average Bonchev–Trinajstić information content (AvgIpc) is 2.37. The highest BCUT2D eigenvalue weighted by atomic mass is 14.9. The summed E-state index contributed by atoms with van der Waals surface area (Å²) < 4.78 is 0. The Labute approximate surface area is 115 Å².